The van der Waals surface area contributed by atoms with E-state index in [0.717, 1.165) is 41.5 Å². The van der Waals surface area contributed by atoms with Gasteiger partial charge in [0.25, 0.3) is 0 Å². The Hall–Kier alpha value is -0.300. The van der Waals surface area contributed by atoms with Crippen LogP contribution < -0.4 is 5.32 Å². The summed E-state index contributed by atoms with van der Waals surface area (Å²) in [4.78, 5) is 0. The molecule has 2 fully saturated rings. The molecule has 6 unspecified atom stereocenters. The fourth-order valence-electron chi connectivity index (χ4n) is 4.87. The molecule has 19 heavy (non-hydrogen) atoms. The Morgan fingerprint density at radius 1 is 1.11 bits per heavy atom. The van der Waals surface area contributed by atoms with Crippen molar-refractivity contribution in [2.24, 2.45) is 35.5 Å². The van der Waals surface area contributed by atoms with E-state index >= 15 is 0 Å². The maximum atomic E-state index is 3.98. The maximum Gasteiger partial charge on any atom is 0.0100 e. The van der Waals surface area contributed by atoms with E-state index in [1.807, 2.05) is 0 Å². The van der Waals surface area contributed by atoms with Crippen LogP contribution in [0.4, 0.5) is 0 Å². The summed E-state index contributed by atoms with van der Waals surface area (Å²) in [6.07, 6.45) is 12.1. The number of allylic oxidation sites excluding steroid dienone is 2. The molecule has 0 aliphatic heterocycles. The molecule has 2 saturated carbocycles. The van der Waals surface area contributed by atoms with Crippen molar-refractivity contribution in [3.05, 3.63) is 12.2 Å². The van der Waals surface area contributed by atoms with Gasteiger partial charge in [-0.2, -0.15) is 0 Å². The Kier molecular flexibility index (Phi) is 4.03. The highest BCUT2D eigenvalue weighted by atomic mass is 14.9. The van der Waals surface area contributed by atoms with Crippen LogP contribution in [0.3, 0.4) is 0 Å². The zero-order valence-electron chi connectivity index (χ0n) is 12.9. The largest absolute Gasteiger partial charge is 0.313 e. The second-order valence-corrected chi connectivity index (χ2v) is 7.88. The van der Waals surface area contributed by atoms with Gasteiger partial charge in [0.05, 0.1) is 0 Å². The Morgan fingerprint density at radius 3 is 2.58 bits per heavy atom. The van der Waals surface area contributed by atoms with Crippen LogP contribution in [0.1, 0.15) is 52.9 Å². The fourth-order valence-corrected chi connectivity index (χ4v) is 4.87. The number of rotatable bonds is 4. The first kappa shape index (κ1) is 13.7. The molecule has 0 aromatic rings. The van der Waals surface area contributed by atoms with Crippen molar-refractivity contribution in [2.45, 2.75) is 58.9 Å². The first-order chi connectivity index (χ1) is 9.13. The smallest absolute Gasteiger partial charge is 0.0100 e. The van der Waals surface area contributed by atoms with E-state index in [4.69, 9.17) is 0 Å². The van der Waals surface area contributed by atoms with E-state index in [0.29, 0.717) is 0 Å². The van der Waals surface area contributed by atoms with Crippen LogP contribution in [0.5, 0.6) is 0 Å². The van der Waals surface area contributed by atoms with E-state index in [9.17, 15) is 0 Å². The molecule has 0 aromatic heterocycles. The van der Waals surface area contributed by atoms with E-state index in [1.165, 1.54) is 38.6 Å². The summed E-state index contributed by atoms with van der Waals surface area (Å²) in [6, 6.07) is 0.784. The van der Waals surface area contributed by atoms with Gasteiger partial charge >= 0.3 is 0 Å². The van der Waals surface area contributed by atoms with Crippen LogP contribution in [0.2, 0.25) is 0 Å². The van der Waals surface area contributed by atoms with Gasteiger partial charge in [-0.15, -0.1) is 0 Å². The summed E-state index contributed by atoms with van der Waals surface area (Å²) in [5.41, 5.74) is 0. The van der Waals surface area contributed by atoms with Crippen molar-refractivity contribution in [3.63, 3.8) is 0 Å². The van der Waals surface area contributed by atoms with Crippen molar-refractivity contribution in [2.75, 3.05) is 6.54 Å². The predicted molar refractivity (Wildman–Crippen MR) is 82.0 cm³/mol. The molecule has 0 spiro atoms. The van der Waals surface area contributed by atoms with Crippen molar-refractivity contribution < 1.29 is 0 Å². The lowest BCUT2D eigenvalue weighted by Crippen LogP contribution is -2.45. The molecule has 3 rings (SSSR count). The molecule has 1 N–H and O–H groups in total. The molecular formula is C18H31N. The quantitative estimate of drug-likeness (QED) is 0.746. The molecule has 0 saturated heterocycles. The normalized spacial score (nSPS) is 45.3. The van der Waals surface area contributed by atoms with Crippen molar-refractivity contribution in [1.29, 1.82) is 0 Å². The van der Waals surface area contributed by atoms with Gasteiger partial charge in [0.1, 0.15) is 0 Å². The first-order valence-corrected chi connectivity index (χ1v) is 8.55. The van der Waals surface area contributed by atoms with Gasteiger partial charge in [-0.3, -0.25) is 0 Å². The highest BCUT2D eigenvalue weighted by molar-refractivity contribution is 5.10. The number of hydrogen-bond donors (Lipinski definition) is 1. The topological polar surface area (TPSA) is 12.0 Å². The van der Waals surface area contributed by atoms with Gasteiger partial charge in [0.15, 0.2) is 0 Å². The van der Waals surface area contributed by atoms with Gasteiger partial charge in [-0.05, 0) is 67.7 Å². The second kappa shape index (κ2) is 5.60. The number of nitrogens with one attached hydrogen (secondary N) is 1. The van der Waals surface area contributed by atoms with Gasteiger partial charge in [0, 0.05) is 6.04 Å². The van der Waals surface area contributed by atoms with Crippen LogP contribution in [-0.2, 0) is 0 Å². The zero-order chi connectivity index (χ0) is 13.4. The summed E-state index contributed by atoms with van der Waals surface area (Å²) >= 11 is 0. The number of fused-ring (bicyclic) bond motifs is 2. The monoisotopic (exact) mass is 261 g/mol. The van der Waals surface area contributed by atoms with Gasteiger partial charge in [0.2, 0.25) is 0 Å². The summed E-state index contributed by atoms with van der Waals surface area (Å²) < 4.78 is 0. The first-order valence-electron chi connectivity index (χ1n) is 8.55. The van der Waals surface area contributed by atoms with Crippen LogP contribution >= 0.6 is 0 Å². The average Bonchev–Trinajstić information content (AvgIpc) is 2.98. The molecular weight excluding hydrogens is 230 g/mol. The third-order valence-electron chi connectivity index (χ3n) is 6.08. The molecule has 0 radical (unpaired) electrons. The molecule has 3 aliphatic rings. The van der Waals surface area contributed by atoms with Crippen LogP contribution in [-0.4, -0.2) is 12.6 Å². The van der Waals surface area contributed by atoms with Gasteiger partial charge < -0.3 is 5.32 Å². The Bertz CT molecular complexity index is 333. The Balaban J connectivity index is 1.53. The lowest BCUT2D eigenvalue weighted by atomic mass is 9.74. The molecule has 0 heterocycles. The van der Waals surface area contributed by atoms with E-state index in [1.54, 1.807) is 0 Å². The van der Waals surface area contributed by atoms with E-state index in [-0.39, 0.29) is 0 Å². The summed E-state index contributed by atoms with van der Waals surface area (Å²) in [6.45, 7) is 8.53. The lowest BCUT2D eigenvalue weighted by Gasteiger charge is -2.39. The van der Waals surface area contributed by atoms with Gasteiger partial charge in [-0.1, -0.05) is 39.3 Å². The molecule has 1 nitrogen and oxygen atoms in total. The van der Waals surface area contributed by atoms with Gasteiger partial charge in [-0.25, -0.2) is 0 Å². The van der Waals surface area contributed by atoms with Crippen molar-refractivity contribution >= 4 is 0 Å². The van der Waals surface area contributed by atoms with E-state index in [2.05, 4.69) is 38.2 Å². The molecule has 6 atom stereocenters. The van der Waals surface area contributed by atoms with Crippen LogP contribution in [0.25, 0.3) is 0 Å². The van der Waals surface area contributed by atoms with Crippen molar-refractivity contribution in [1.82, 2.24) is 5.32 Å². The Labute approximate surface area is 119 Å². The zero-order valence-corrected chi connectivity index (χ0v) is 12.9. The van der Waals surface area contributed by atoms with Crippen LogP contribution in [0.15, 0.2) is 12.2 Å². The Morgan fingerprint density at radius 2 is 1.95 bits per heavy atom. The molecule has 2 bridgehead atoms. The predicted octanol–water partition coefficient (Wildman–Crippen LogP) is 4.25. The maximum absolute atomic E-state index is 3.98. The SMILES string of the molecule is CC1CCC(C(C)C)C(NCC2CC3C=CC2C3)C1. The average molecular weight is 261 g/mol. The molecule has 1 heteroatoms. The summed E-state index contributed by atoms with van der Waals surface area (Å²) in [7, 11) is 0. The molecule has 3 aliphatic carbocycles. The summed E-state index contributed by atoms with van der Waals surface area (Å²) in [5.74, 6) is 5.42. The highest BCUT2D eigenvalue weighted by Gasteiger charge is 2.37. The minimum atomic E-state index is 0.784. The molecule has 0 aromatic carbocycles. The third-order valence-corrected chi connectivity index (χ3v) is 6.08. The standard InChI is InChI=1S/C18H31N/c1-12(2)17-7-4-13(3)8-18(17)19-11-16-10-14-5-6-15(16)9-14/h5-6,12-19H,4,7-11H2,1-3H3. The highest BCUT2D eigenvalue weighted by Crippen LogP contribution is 2.43. The minimum Gasteiger partial charge on any atom is -0.313 e. The second-order valence-electron chi connectivity index (χ2n) is 7.88. The fraction of sp³-hybridized carbons (Fsp3) is 0.889. The molecule has 0 amide bonds. The molecule has 108 valence electrons. The van der Waals surface area contributed by atoms with Crippen molar-refractivity contribution in [3.8, 4) is 0 Å². The summed E-state index contributed by atoms with van der Waals surface area (Å²) in [5, 5.41) is 3.98. The third kappa shape index (κ3) is 2.91. The van der Waals surface area contributed by atoms with E-state index < -0.39 is 0 Å². The minimum absolute atomic E-state index is 0.784. The number of hydrogen-bond acceptors (Lipinski definition) is 1. The lowest BCUT2D eigenvalue weighted by molar-refractivity contribution is 0.163. The van der Waals surface area contributed by atoms with Crippen LogP contribution in [0, 0.1) is 35.5 Å².